The smallest absolute Gasteiger partial charge is 0.0795 e. The number of fused-ring (bicyclic) bond motifs is 14. The fraction of sp³-hybridized carbons (Fsp3) is 0. The molecule has 0 saturated heterocycles. The van der Waals surface area contributed by atoms with Crippen LogP contribution in [0.2, 0.25) is 0 Å². The highest BCUT2D eigenvalue weighted by molar-refractivity contribution is 7.98. The molecule has 4 aromatic heterocycles. The monoisotopic (exact) mass is 808 g/mol. The van der Waals surface area contributed by atoms with E-state index >= 15 is 0 Å². The van der Waals surface area contributed by atoms with Gasteiger partial charge in [-0.25, -0.2) is 0 Å². The Labute approximate surface area is 360 Å². The molecule has 1 aliphatic rings. The fourth-order valence-corrected chi connectivity index (χ4v) is 11.6. The normalized spacial score (nSPS) is 12.8. The predicted molar refractivity (Wildman–Crippen MR) is 266 cm³/mol. The molecule has 62 heavy (non-hydrogen) atoms. The standard InChI is InChI=1S/C57H36N4S/c1-2-17-37(18-3-1)58-49-26-9-6-22-41(49)46-35-54-47(34-53(46)58)42-23-7-10-27-50(42)59(54)38-19-13-20-39(33-38)60-56-43(44-25-14-32-62-57(44)60)30-31-52-55(56)45-24-8-11-28-51(45)61(52)48-29-12-16-36-15-4-5-21-40(36)48/h1-35,62H. The number of thiol groups is 1. The highest BCUT2D eigenvalue weighted by Gasteiger charge is 2.25. The van der Waals surface area contributed by atoms with E-state index in [2.05, 4.69) is 230 Å². The van der Waals surface area contributed by atoms with Crippen LogP contribution in [0.15, 0.2) is 205 Å². The van der Waals surface area contributed by atoms with Crippen LogP contribution >= 0.6 is 11.4 Å². The average Bonchev–Trinajstić information content (AvgIpc) is 4.06. The van der Waals surface area contributed by atoms with Gasteiger partial charge in [0.15, 0.2) is 0 Å². The summed E-state index contributed by atoms with van der Waals surface area (Å²) in [5.41, 5.74) is 14.4. The lowest BCUT2D eigenvalue weighted by atomic mass is 10.1. The van der Waals surface area contributed by atoms with Gasteiger partial charge in [0.25, 0.3) is 0 Å². The predicted octanol–water partition coefficient (Wildman–Crippen LogP) is 14.7. The first kappa shape index (κ1) is 33.9. The third kappa shape index (κ3) is 4.60. The van der Waals surface area contributed by atoms with Crippen LogP contribution in [0.25, 0.3) is 116 Å². The molecular formula is C57H36N4S. The van der Waals surface area contributed by atoms with E-state index in [-0.39, 0.29) is 0 Å². The van der Waals surface area contributed by atoms with Crippen molar-refractivity contribution < 1.29 is 0 Å². The van der Waals surface area contributed by atoms with E-state index in [0.29, 0.717) is 0 Å². The third-order valence-electron chi connectivity index (χ3n) is 13.2. The number of para-hydroxylation sites is 4. The van der Waals surface area contributed by atoms with Gasteiger partial charge in [0.1, 0.15) is 0 Å². The van der Waals surface area contributed by atoms with Crippen LogP contribution in [-0.4, -0.2) is 23.6 Å². The zero-order valence-electron chi connectivity index (χ0n) is 33.4. The molecule has 0 aliphatic carbocycles. The van der Waals surface area contributed by atoms with Crippen LogP contribution in [0.5, 0.6) is 0 Å². The molecule has 0 atom stereocenters. The van der Waals surface area contributed by atoms with Crippen molar-refractivity contribution in [3.05, 3.63) is 206 Å². The molecule has 290 valence electrons. The Balaban J connectivity index is 1.06. The molecule has 13 aromatic rings. The molecule has 0 unspecified atom stereocenters. The average molecular weight is 809 g/mol. The molecule has 0 radical (unpaired) electrons. The van der Waals surface area contributed by atoms with Gasteiger partial charge < -0.3 is 18.3 Å². The minimum Gasteiger partial charge on any atom is -0.309 e. The van der Waals surface area contributed by atoms with Gasteiger partial charge in [-0.05, 0) is 83.6 Å². The Morgan fingerprint density at radius 3 is 1.65 bits per heavy atom. The second-order valence-corrected chi connectivity index (χ2v) is 17.3. The summed E-state index contributed by atoms with van der Waals surface area (Å²) in [4.78, 5) is 0. The number of aromatic nitrogens is 4. The van der Waals surface area contributed by atoms with Crippen LogP contribution in [0.4, 0.5) is 0 Å². The van der Waals surface area contributed by atoms with Crippen molar-refractivity contribution >= 4 is 110 Å². The molecule has 0 N–H and O–H groups in total. The molecule has 0 fully saturated rings. The first-order valence-corrected chi connectivity index (χ1v) is 22.2. The Morgan fingerprint density at radius 2 is 0.903 bits per heavy atom. The quantitative estimate of drug-likeness (QED) is 0.135. The van der Waals surface area contributed by atoms with Gasteiger partial charge >= 0.3 is 0 Å². The summed E-state index contributed by atoms with van der Waals surface area (Å²) in [7, 11) is 0. The molecule has 14 rings (SSSR count). The number of hydrogen-bond acceptors (Lipinski definition) is 0. The van der Waals surface area contributed by atoms with Crippen molar-refractivity contribution in [2.45, 2.75) is 5.03 Å². The molecular weight excluding hydrogens is 773 g/mol. The molecule has 0 amide bonds. The topological polar surface area (TPSA) is 19.7 Å². The molecule has 9 aromatic carbocycles. The first-order valence-electron chi connectivity index (χ1n) is 21.2. The summed E-state index contributed by atoms with van der Waals surface area (Å²) < 4.78 is 9.93. The molecule has 4 nitrogen and oxygen atoms in total. The van der Waals surface area contributed by atoms with Gasteiger partial charge in [0.2, 0.25) is 0 Å². The zero-order valence-corrected chi connectivity index (χ0v) is 34.3. The maximum Gasteiger partial charge on any atom is 0.0795 e. The van der Waals surface area contributed by atoms with Crippen molar-refractivity contribution in [2.75, 3.05) is 0 Å². The van der Waals surface area contributed by atoms with Crippen LogP contribution in [0.1, 0.15) is 5.56 Å². The zero-order chi connectivity index (χ0) is 40.5. The van der Waals surface area contributed by atoms with Crippen LogP contribution in [0.3, 0.4) is 0 Å². The van der Waals surface area contributed by atoms with E-state index in [9.17, 15) is 0 Å². The van der Waals surface area contributed by atoms with Gasteiger partial charge in [-0.2, -0.15) is 11.4 Å². The van der Waals surface area contributed by atoms with Gasteiger partial charge in [-0.15, -0.1) is 0 Å². The van der Waals surface area contributed by atoms with Gasteiger partial charge in [0, 0.05) is 65.7 Å². The summed E-state index contributed by atoms with van der Waals surface area (Å²) in [5.74, 6) is 0. The van der Waals surface area contributed by atoms with Gasteiger partial charge in [-0.1, -0.05) is 133 Å². The highest BCUT2D eigenvalue weighted by Crippen LogP contribution is 2.45. The van der Waals surface area contributed by atoms with Crippen molar-refractivity contribution in [1.82, 2.24) is 18.3 Å². The Bertz CT molecular complexity index is 4090. The van der Waals surface area contributed by atoms with E-state index in [4.69, 9.17) is 0 Å². The lowest BCUT2D eigenvalue weighted by Gasteiger charge is -2.15. The summed E-state index contributed by atoms with van der Waals surface area (Å²) in [6.07, 6.45) is 4.51. The van der Waals surface area contributed by atoms with Crippen LogP contribution in [0, 0.1) is 0 Å². The largest absolute Gasteiger partial charge is 0.309 e. The van der Waals surface area contributed by atoms with E-state index in [1.165, 1.54) is 115 Å². The van der Waals surface area contributed by atoms with Crippen molar-refractivity contribution in [3.8, 4) is 22.7 Å². The van der Waals surface area contributed by atoms with Crippen LogP contribution < -0.4 is 0 Å². The van der Waals surface area contributed by atoms with Crippen molar-refractivity contribution in [1.29, 1.82) is 0 Å². The number of hydrogen-bond donors (Lipinski definition) is 1. The minimum absolute atomic E-state index is 1.13. The molecule has 5 heterocycles. The summed E-state index contributed by atoms with van der Waals surface area (Å²) in [6.45, 7) is 0. The van der Waals surface area contributed by atoms with Gasteiger partial charge in [0.05, 0.1) is 49.3 Å². The van der Waals surface area contributed by atoms with Crippen molar-refractivity contribution in [3.63, 3.8) is 0 Å². The number of benzene rings is 9. The van der Waals surface area contributed by atoms with Gasteiger partial charge in [-0.3, -0.25) is 0 Å². The second-order valence-electron chi connectivity index (χ2n) is 16.4. The first-order chi connectivity index (χ1) is 30.8. The Morgan fingerprint density at radius 1 is 0.339 bits per heavy atom. The SMILES string of the molecule is C1=Cc2c(n(-c3cccc(-n4c5ccccc5c5cc6c(cc54)c4ccccc4n6-c4ccccc4)c3)c3c2ccc2c3c3ccccc3n2-c2cccc3ccccc23)[SH]=C1. The fourth-order valence-electron chi connectivity index (χ4n) is 10.6. The second kappa shape index (κ2) is 12.8. The van der Waals surface area contributed by atoms with E-state index < -0.39 is 0 Å². The number of allylic oxidation sites excluding steroid dienone is 1. The maximum atomic E-state index is 2.55. The Kier molecular flexibility index (Phi) is 7.01. The Hall–Kier alpha value is -7.86. The number of nitrogens with zero attached hydrogens (tertiary/aromatic N) is 4. The molecule has 1 aliphatic heterocycles. The van der Waals surface area contributed by atoms with E-state index in [0.717, 1.165) is 17.1 Å². The van der Waals surface area contributed by atoms with Crippen LogP contribution in [-0.2, 0) is 0 Å². The molecule has 0 bridgehead atoms. The summed E-state index contributed by atoms with van der Waals surface area (Å²) in [5, 5.41) is 14.8. The molecule has 5 heteroatoms. The maximum absolute atomic E-state index is 2.55. The van der Waals surface area contributed by atoms with E-state index in [1.54, 1.807) is 0 Å². The molecule has 0 spiro atoms. The van der Waals surface area contributed by atoms with Crippen molar-refractivity contribution in [2.24, 2.45) is 0 Å². The summed E-state index contributed by atoms with van der Waals surface area (Å²) in [6, 6.07) is 71.5. The van der Waals surface area contributed by atoms with E-state index in [1.807, 2.05) is 0 Å². The minimum atomic E-state index is 1.13. The lowest BCUT2D eigenvalue weighted by Crippen LogP contribution is -2.00. The highest BCUT2D eigenvalue weighted by atomic mass is 32.1. The lowest BCUT2D eigenvalue weighted by molar-refractivity contribution is 0.990. The molecule has 0 saturated carbocycles. The number of rotatable bonds is 4. The third-order valence-corrected chi connectivity index (χ3v) is 14.2. The summed E-state index contributed by atoms with van der Waals surface area (Å²) >= 11 is 1.17.